The van der Waals surface area contributed by atoms with Gasteiger partial charge in [0.05, 0.1) is 11.4 Å². The van der Waals surface area contributed by atoms with Gasteiger partial charge in [0, 0.05) is 16.5 Å². The number of hydrogen-bond donors (Lipinski definition) is 0. The molecule has 9 aromatic carbocycles. The second-order valence-corrected chi connectivity index (χ2v) is 12.1. The summed E-state index contributed by atoms with van der Waals surface area (Å²) in [5, 5.41) is 9.93. The molecule has 9 rings (SSSR count). The first-order valence-corrected chi connectivity index (χ1v) is 16.2. The summed E-state index contributed by atoms with van der Waals surface area (Å²) in [7, 11) is 0. The molecule has 0 aliphatic carbocycles. The minimum absolute atomic E-state index is 1.12. The molecule has 220 valence electrons. The lowest BCUT2D eigenvalue weighted by Gasteiger charge is -2.29. The van der Waals surface area contributed by atoms with Gasteiger partial charge in [-0.3, -0.25) is 0 Å². The van der Waals surface area contributed by atoms with Crippen LogP contribution in [0.2, 0.25) is 0 Å². The highest BCUT2D eigenvalue weighted by Crippen LogP contribution is 2.46. The third-order valence-corrected chi connectivity index (χ3v) is 9.46. The predicted octanol–water partition coefficient (Wildman–Crippen LogP) is 13.1. The molecule has 9 aromatic rings. The van der Waals surface area contributed by atoms with Gasteiger partial charge < -0.3 is 4.90 Å². The molecule has 0 N–H and O–H groups in total. The summed E-state index contributed by atoms with van der Waals surface area (Å²) >= 11 is 0. The molecule has 0 radical (unpaired) electrons. The lowest BCUT2D eigenvalue weighted by Crippen LogP contribution is -2.11. The van der Waals surface area contributed by atoms with Crippen LogP contribution in [0.5, 0.6) is 0 Å². The minimum Gasteiger partial charge on any atom is -0.309 e. The maximum atomic E-state index is 2.43. The third kappa shape index (κ3) is 4.56. The fourth-order valence-electron chi connectivity index (χ4n) is 7.33. The molecule has 0 saturated heterocycles. The Hall–Kier alpha value is -6.18. The van der Waals surface area contributed by atoms with E-state index in [1.807, 2.05) is 0 Å². The van der Waals surface area contributed by atoms with Crippen LogP contribution in [0.15, 0.2) is 188 Å². The van der Waals surface area contributed by atoms with Crippen molar-refractivity contribution in [2.24, 2.45) is 0 Å². The van der Waals surface area contributed by atoms with Crippen molar-refractivity contribution >= 4 is 60.2 Å². The Morgan fingerprint density at radius 2 is 0.596 bits per heavy atom. The van der Waals surface area contributed by atoms with E-state index in [9.17, 15) is 0 Å². The lowest BCUT2D eigenvalue weighted by molar-refractivity contribution is 1.31. The van der Waals surface area contributed by atoms with E-state index in [2.05, 4.69) is 193 Å². The standard InChI is InChI=1S/C46H31N/c1-2-18-34(19-3-1)47(45-30-28-41(39-22-8-10-24-43(39)45)37-26-12-16-32-14-4-6-20-35(32)37)46-31-29-42(40-23-9-11-25-44(40)46)38-27-13-17-33-15-5-7-21-36(33)38/h1-31H. The van der Waals surface area contributed by atoms with Crippen LogP contribution >= 0.6 is 0 Å². The summed E-state index contributed by atoms with van der Waals surface area (Å²) in [5.74, 6) is 0. The van der Waals surface area contributed by atoms with Crippen molar-refractivity contribution in [1.82, 2.24) is 0 Å². The van der Waals surface area contributed by atoms with Gasteiger partial charge in [-0.15, -0.1) is 0 Å². The first-order valence-electron chi connectivity index (χ1n) is 16.2. The van der Waals surface area contributed by atoms with E-state index in [1.165, 1.54) is 65.3 Å². The minimum atomic E-state index is 1.12. The molecular formula is C46H31N. The van der Waals surface area contributed by atoms with Gasteiger partial charge in [0.25, 0.3) is 0 Å². The highest BCUT2D eigenvalue weighted by molar-refractivity contribution is 6.14. The number of anilines is 3. The molecule has 0 atom stereocenters. The Balaban J connectivity index is 1.30. The van der Waals surface area contributed by atoms with E-state index >= 15 is 0 Å². The van der Waals surface area contributed by atoms with E-state index in [0.717, 1.165) is 17.1 Å². The van der Waals surface area contributed by atoms with Gasteiger partial charge in [0.15, 0.2) is 0 Å². The molecule has 0 fully saturated rings. The molecule has 0 aliphatic heterocycles. The molecule has 0 unspecified atom stereocenters. The summed E-state index contributed by atoms with van der Waals surface area (Å²) in [6.45, 7) is 0. The van der Waals surface area contributed by atoms with Crippen molar-refractivity contribution in [3.63, 3.8) is 0 Å². The van der Waals surface area contributed by atoms with Gasteiger partial charge >= 0.3 is 0 Å². The summed E-state index contributed by atoms with van der Waals surface area (Å²) in [6.07, 6.45) is 0. The van der Waals surface area contributed by atoms with E-state index in [-0.39, 0.29) is 0 Å². The molecular weight excluding hydrogens is 567 g/mol. The summed E-state index contributed by atoms with van der Waals surface area (Å²) in [6, 6.07) is 68.2. The Labute approximate surface area is 274 Å². The van der Waals surface area contributed by atoms with Crippen molar-refractivity contribution < 1.29 is 0 Å². The molecule has 0 bridgehead atoms. The van der Waals surface area contributed by atoms with Gasteiger partial charge in [-0.05, 0) is 78.8 Å². The van der Waals surface area contributed by atoms with Crippen LogP contribution in [0.25, 0.3) is 65.3 Å². The molecule has 0 amide bonds. The first-order chi connectivity index (χ1) is 23.3. The second-order valence-electron chi connectivity index (χ2n) is 12.1. The van der Waals surface area contributed by atoms with Gasteiger partial charge in [0.2, 0.25) is 0 Å². The molecule has 0 saturated carbocycles. The zero-order chi connectivity index (χ0) is 31.2. The molecule has 1 heteroatoms. The Morgan fingerprint density at radius 1 is 0.234 bits per heavy atom. The SMILES string of the molecule is c1ccc(N(c2ccc(-c3cccc4ccccc34)c3ccccc23)c2ccc(-c3cccc4ccccc34)c3ccccc23)cc1. The zero-order valence-electron chi connectivity index (χ0n) is 25.8. The highest BCUT2D eigenvalue weighted by atomic mass is 15.1. The van der Waals surface area contributed by atoms with Crippen molar-refractivity contribution in [3.8, 4) is 22.3 Å². The topological polar surface area (TPSA) is 3.24 Å². The molecule has 0 aliphatic rings. The number of hydrogen-bond acceptors (Lipinski definition) is 1. The second kappa shape index (κ2) is 11.3. The van der Waals surface area contributed by atoms with Gasteiger partial charge in [-0.25, -0.2) is 0 Å². The fourth-order valence-corrected chi connectivity index (χ4v) is 7.33. The van der Waals surface area contributed by atoms with Gasteiger partial charge in [0.1, 0.15) is 0 Å². The average molecular weight is 598 g/mol. The predicted molar refractivity (Wildman–Crippen MR) is 202 cm³/mol. The number of para-hydroxylation sites is 1. The van der Waals surface area contributed by atoms with Crippen LogP contribution < -0.4 is 4.90 Å². The molecule has 47 heavy (non-hydrogen) atoms. The molecule has 0 spiro atoms. The van der Waals surface area contributed by atoms with Crippen molar-refractivity contribution in [2.75, 3.05) is 4.90 Å². The van der Waals surface area contributed by atoms with Crippen LogP contribution in [0.1, 0.15) is 0 Å². The van der Waals surface area contributed by atoms with Crippen LogP contribution in [0.4, 0.5) is 17.1 Å². The summed E-state index contributed by atoms with van der Waals surface area (Å²) in [4.78, 5) is 2.43. The summed E-state index contributed by atoms with van der Waals surface area (Å²) < 4.78 is 0. The van der Waals surface area contributed by atoms with Crippen LogP contribution in [-0.4, -0.2) is 0 Å². The maximum absolute atomic E-state index is 2.43. The molecule has 0 heterocycles. The number of nitrogens with zero attached hydrogens (tertiary/aromatic N) is 1. The lowest BCUT2D eigenvalue weighted by atomic mass is 9.91. The van der Waals surface area contributed by atoms with E-state index in [0.29, 0.717) is 0 Å². The van der Waals surface area contributed by atoms with Crippen LogP contribution in [-0.2, 0) is 0 Å². The fraction of sp³-hybridized carbons (Fsp3) is 0. The normalized spacial score (nSPS) is 11.4. The van der Waals surface area contributed by atoms with Crippen molar-refractivity contribution in [1.29, 1.82) is 0 Å². The maximum Gasteiger partial charge on any atom is 0.0540 e. The van der Waals surface area contributed by atoms with Crippen LogP contribution in [0.3, 0.4) is 0 Å². The molecule has 1 nitrogen and oxygen atoms in total. The molecule has 0 aromatic heterocycles. The quantitative estimate of drug-likeness (QED) is 0.191. The first kappa shape index (κ1) is 27.2. The Kier molecular flexibility index (Phi) is 6.54. The Morgan fingerprint density at radius 3 is 1.09 bits per heavy atom. The van der Waals surface area contributed by atoms with E-state index in [1.54, 1.807) is 0 Å². The monoisotopic (exact) mass is 597 g/mol. The van der Waals surface area contributed by atoms with Crippen LogP contribution in [0, 0.1) is 0 Å². The number of rotatable bonds is 5. The average Bonchev–Trinajstić information content (AvgIpc) is 3.15. The number of fused-ring (bicyclic) bond motifs is 4. The van der Waals surface area contributed by atoms with Crippen molar-refractivity contribution in [3.05, 3.63) is 188 Å². The van der Waals surface area contributed by atoms with E-state index < -0.39 is 0 Å². The van der Waals surface area contributed by atoms with E-state index in [4.69, 9.17) is 0 Å². The largest absolute Gasteiger partial charge is 0.309 e. The Bertz CT molecular complexity index is 2410. The smallest absolute Gasteiger partial charge is 0.0540 e. The summed E-state index contributed by atoms with van der Waals surface area (Å²) in [5.41, 5.74) is 8.41. The highest BCUT2D eigenvalue weighted by Gasteiger charge is 2.21. The zero-order valence-corrected chi connectivity index (χ0v) is 25.8. The van der Waals surface area contributed by atoms with Gasteiger partial charge in [-0.1, -0.05) is 164 Å². The number of benzene rings is 9. The van der Waals surface area contributed by atoms with Gasteiger partial charge in [-0.2, -0.15) is 0 Å². The third-order valence-electron chi connectivity index (χ3n) is 9.46. The van der Waals surface area contributed by atoms with Crippen molar-refractivity contribution in [2.45, 2.75) is 0 Å².